The maximum atomic E-state index is 3.65. The van der Waals surface area contributed by atoms with Gasteiger partial charge in [-0.1, -0.05) is 12.1 Å². The lowest BCUT2D eigenvalue weighted by Gasteiger charge is -2.08. The van der Waals surface area contributed by atoms with Crippen molar-refractivity contribution in [2.24, 2.45) is 0 Å². The number of nitrogens with one attached hydrogen (secondary N) is 1. The maximum absolute atomic E-state index is 3.65. The number of benzene rings is 1. The molecular formula is C14H19BrN2. The molecule has 92 valence electrons. The van der Waals surface area contributed by atoms with Crippen molar-refractivity contribution in [1.29, 1.82) is 0 Å². The lowest BCUT2D eigenvalue weighted by atomic mass is 10.2. The first-order valence-corrected chi connectivity index (χ1v) is 6.98. The van der Waals surface area contributed by atoms with E-state index in [-0.39, 0.29) is 0 Å². The molecule has 17 heavy (non-hydrogen) atoms. The van der Waals surface area contributed by atoms with Crippen LogP contribution in [-0.2, 0) is 13.0 Å². The van der Waals surface area contributed by atoms with E-state index < -0.39 is 0 Å². The number of fused-ring (bicyclic) bond motifs is 1. The van der Waals surface area contributed by atoms with Crippen LogP contribution in [0.15, 0.2) is 28.7 Å². The number of nitrogens with zero attached hydrogens (tertiary/aromatic N) is 1. The van der Waals surface area contributed by atoms with Crippen molar-refractivity contribution < 1.29 is 0 Å². The number of rotatable bonds is 5. The van der Waals surface area contributed by atoms with E-state index >= 15 is 0 Å². The molecule has 3 heteroatoms. The largest absolute Gasteiger partial charge is 0.344 e. The molecule has 0 saturated carbocycles. The van der Waals surface area contributed by atoms with Crippen LogP contribution in [0.5, 0.6) is 0 Å². The molecule has 0 radical (unpaired) electrons. The van der Waals surface area contributed by atoms with Crippen LogP contribution in [0, 0.1) is 0 Å². The minimum absolute atomic E-state index is 1.03. The summed E-state index contributed by atoms with van der Waals surface area (Å²) in [5.41, 5.74) is 2.76. The number of hydrogen-bond donors (Lipinski definition) is 1. The van der Waals surface area contributed by atoms with E-state index in [2.05, 4.69) is 57.0 Å². The Labute approximate surface area is 111 Å². The fourth-order valence-corrected chi connectivity index (χ4v) is 2.94. The summed E-state index contributed by atoms with van der Waals surface area (Å²) in [5.74, 6) is 0. The van der Waals surface area contributed by atoms with Gasteiger partial charge in [-0.3, -0.25) is 0 Å². The van der Waals surface area contributed by atoms with Crippen LogP contribution >= 0.6 is 15.9 Å². The molecule has 0 amide bonds. The lowest BCUT2D eigenvalue weighted by Crippen LogP contribution is -2.10. The molecule has 2 aromatic rings. The molecule has 0 fully saturated rings. The first kappa shape index (κ1) is 12.7. The van der Waals surface area contributed by atoms with Gasteiger partial charge in [0.2, 0.25) is 0 Å². The summed E-state index contributed by atoms with van der Waals surface area (Å²) in [6.45, 7) is 4.31. The molecule has 0 bridgehead atoms. The Bertz CT molecular complexity index is 502. The summed E-state index contributed by atoms with van der Waals surface area (Å²) in [4.78, 5) is 0. The van der Waals surface area contributed by atoms with Gasteiger partial charge in [-0.2, -0.15) is 0 Å². The molecule has 0 aliphatic rings. The van der Waals surface area contributed by atoms with Crippen molar-refractivity contribution >= 4 is 26.8 Å². The van der Waals surface area contributed by atoms with Crippen LogP contribution in [0.25, 0.3) is 10.9 Å². The topological polar surface area (TPSA) is 17.0 Å². The van der Waals surface area contributed by atoms with E-state index in [0.29, 0.717) is 0 Å². The summed E-state index contributed by atoms with van der Waals surface area (Å²) in [7, 11) is 2.01. The lowest BCUT2D eigenvalue weighted by molar-refractivity contribution is 0.673. The second-order valence-electron chi connectivity index (χ2n) is 4.26. The molecule has 0 spiro atoms. The maximum Gasteiger partial charge on any atom is 0.0626 e. The van der Waals surface area contributed by atoms with E-state index in [0.717, 1.165) is 19.5 Å². The first-order valence-electron chi connectivity index (χ1n) is 6.19. The Balaban J connectivity index is 2.38. The van der Waals surface area contributed by atoms with Crippen LogP contribution in [0.3, 0.4) is 0 Å². The summed E-state index contributed by atoms with van der Waals surface area (Å²) in [5, 5.41) is 4.54. The van der Waals surface area contributed by atoms with Gasteiger partial charge in [0, 0.05) is 22.1 Å². The number of hydrogen-bond acceptors (Lipinski definition) is 1. The van der Waals surface area contributed by atoms with E-state index in [1.54, 1.807) is 0 Å². The highest BCUT2D eigenvalue weighted by molar-refractivity contribution is 9.10. The highest BCUT2D eigenvalue weighted by atomic mass is 79.9. The number of para-hydroxylation sites is 1. The van der Waals surface area contributed by atoms with Crippen LogP contribution < -0.4 is 5.32 Å². The zero-order valence-electron chi connectivity index (χ0n) is 10.5. The van der Waals surface area contributed by atoms with E-state index in [1.165, 1.54) is 27.5 Å². The van der Waals surface area contributed by atoms with Crippen molar-refractivity contribution in [1.82, 2.24) is 9.88 Å². The van der Waals surface area contributed by atoms with Gasteiger partial charge in [-0.05, 0) is 61.4 Å². The Hall–Kier alpha value is -0.800. The van der Waals surface area contributed by atoms with Crippen molar-refractivity contribution in [2.45, 2.75) is 26.3 Å². The second kappa shape index (κ2) is 5.69. The molecule has 1 aromatic heterocycles. The molecule has 0 aliphatic carbocycles. The van der Waals surface area contributed by atoms with Crippen molar-refractivity contribution in [2.75, 3.05) is 13.6 Å². The predicted molar refractivity (Wildman–Crippen MR) is 77.6 cm³/mol. The first-order chi connectivity index (χ1) is 8.27. The predicted octanol–water partition coefficient (Wildman–Crippen LogP) is 3.58. The van der Waals surface area contributed by atoms with Crippen LogP contribution in [0.1, 0.15) is 19.0 Å². The Kier molecular flexibility index (Phi) is 4.24. The van der Waals surface area contributed by atoms with Gasteiger partial charge in [0.1, 0.15) is 0 Å². The van der Waals surface area contributed by atoms with Crippen molar-refractivity contribution in [3.8, 4) is 0 Å². The Morgan fingerprint density at radius 2 is 2.18 bits per heavy atom. The minimum Gasteiger partial charge on any atom is -0.344 e. The van der Waals surface area contributed by atoms with Gasteiger partial charge >= 0.3 is 0 Å². The highest BCUT2D eigenvalue weighted by Gasteiger charge is 2.09. The summed E-state index contributed by atoms with van der Waals surface area (Å²) in [6, 6.07) is 8.72. The molecule has 0 aliphatic heterocycles. The summed E-state index contributed by atoms with van der Waals surface area (Å²) in [6.07, 6.45) is 2.32. The fraction of sp³-hybridized carbons (Fsp3) is 0.429. The summed E-state index contributed by atoms with van der Waals surface area (Å²) >= 11 is 3.65. The Morgan fingerprint density at radius 3 is 2.88 bits per heavy atom. The SMILES string of the molecule is CCn1c(CCCNC)cc2cccc(Br)c21. The van der Waals surface area contributed by atoms with E-state index in [4.69, 9.17) is 0 Å². The molecule has 1 heterocycles. The van der Waals surface area contributed by atoms with Crippen LogP contribution in [0.4, 0.5) is 0 Å². The van der Waals surface area contributed by atoms with Gasteiger partial charge in [-0.25, -0.2) is 0 Å². The van der Waals surface area contributed by atoms with Crippen LogP contribution in [0.2, 0.25) is 0 Å². The van der Waals surface area contributed by atoms with Gasteiger partial charge in [0.05, 0.1) is 5.52 Å². The monoisotopic (exact) mass is 294 g/mol. The van der Waals surface area contributed by atoms with E-state index in [9.17, 15) is 0 Å². The average Bonchev–Trinajstić information content (AvgIpc) is 2.68. The number of halogens is 1. The van der Waals surface area contributed by atoms with Gasteiger partial charge < -0.3 is 9.88 Å². The third kappa shape index (κ3) is 2.55. The number of aromatic nitrogens is 1. The van der Waals surface area contributed by atoms with Gasteiger partial charge in [0.15, 0.2) is 0 Å². The molecule has 1 N–H and O–H groups in total. The standard InChI is InChI=1S/C14H19BrN2/c1-3-17-12(7-5-9-16-2)10-11-6-4-8-13(15)14(11)17/h4,6,8,10,16H,3,5,7,9H2,1-2H3. The third-order valence-corrected chi connectivity index (χ3v) is 3.77. The quantitative estimate of drug-likeness (QED) is 0.834. The minimum atomic E-state index is 1.03. The van der Waals surface area contributed by atoms with Crippen molar-refractivity contribution in [3.63, 3.8) is 0 Å². The molecule has 0 saturated heterocycles. The normalized spacial score (nSPS) is 11.2. The third-order valence-electron chi connectivity index (χ3n) is 3.13. The average molecular weight is 295 g/mol. The zero-order valence-corrected chi connectivity index (χ0v) is 12.0. The molecule has 1 aromatic carbocycles. The van der Waals surface area contributed by atoms with Gasteiger partial charge in [-0.15, -0.1) is 0 Å². The second-order valence-corrected chi connectivity index (χ2v) is 5.12. The zero-order chi connectivity index (χ0) is 12.3. The fourth-order valence-electron chi connectivity index (χ4n) is 2.35. The molecule has 0 atom stereocenters. The van der Waals surface area contributed by atoms with Gasteiger partial charge in [0.25, 0.3) is 0 Å². The summed E-state index contributed by atoms with van der Waals surface area (Å²) < 4.78 is 3.60. The molecule has 2 nitrogen and oxygen atoms in total. The molecule has 0 unspecified atom stereocenters. The highest BCUT2D eigenvalue weighted by Crippen LogP contribution is 2.27. The van der Waals surface area contributed by atoms with E-state index in [1.807, 2.05) is 7.05 Å². The smallest absolute Gasteiger partial charge is 0.0626 e. The van der Waals surface area contributed by atoms with Crippen molar-refractivity contribution in [3.05, 3.63) is 34.4 Å². The van der Waals surface area contributed by atoms with Crippen LogP contribution in [-0.4, -0.2) is 18.2 Å². The molecular weight excluding hydrogens is 276 g/mol. The Morgan fingerprint density at radius 1 is 1.35 bits per heavy atom. The number of aryl methyl sites for hydroxylation is 2. The molecule has 2 rings (SSSR count).